The maximum absolute atomic E-state index is 12.4. The summed E-state index contributed by atoms with van der Waals surface area (Å²) in [5.41, 5.74) is 1.75. The Balaban J connectivity index is 1.61. The minimum atomic E-state index is -0.286. The quantitative estimate of drug-likeness (QED) is 0.684. The van der Waals surface area contributed by atoms with E-state index in [-0.39, 0.29) is 36.1 Å². The number of carbonyl (C=O) groups is 2. The second-order valence-corrected chi connectivity index (χ2v) is 6.82. The van der Waals surface area contributed by atoms with Crippen molar-refractivity contribution < 1.29 is 19.1 Å². The van der Waals surface area contributed by atoms with Gasteiger partial charge in [-0.15, -0.1) is 0 Å². The van der Waals surface area contributed by atoms with Gasteiger partial charge in [-0.3, -0.25) is 14.5 Å². The van der Waals surface area contributed by atoms with Gasteiger partial charge >= 0.3 is 0 Å². The number of benzene rings is 1. The number of hydrogen-bond acceptors (Lipinski definition) is 5. The molecule has 7 heteroatoms. The first kappa shape index (κ1) is 19.0. The second kappa shape index (κ2) is 8.73. The molecular weight excluding hydrogens is 346 g/mol. The van der Waals surface area contributed by atoms with Crippen LogP contribution in [0.2, 0.25) is 0 Å². The molecule has 1 aromatic heterocycles. The summed E-state index contributed by atoms with van der Waals surface area (Å²) in [6.45, 7) is 3.65. The highest BCUT2D eigenvalue weighted by molar-refractivity contribution is 5.83. The molecule has 2 atom stereocenters. The molecule has 2 heterocycles. The first-order valence-corrected chi connectivity index (χ1v) is 9.15. The largest absolute Gasteiger partial charge is 0.508 e. The Labute approximate surface area is 158 Å². The SMILES string of the molecule is CCNC(=O)[C@@H]1C[C@@H](NC(=O)Cc2cccc(O)c2)CN1Cc1ccoc1. The van der Waals surface area contributed by atoms with Gasteiger partial charge in [0.05, 0.1) is 25.0 Å². The highest BCUT2D eigenvalue weighted by Gasteiger charge is 2.37. The van der Waals surface area contributed by atoms with Gasteiger partial charge in [0.1, 0.15) is 5.75 Å². The zero-order valence-electron chi connectivity index (χ0n) is 15.4. The molecule has 0 aliphatic carbocycles. The molecule has 2 amide bonds. The minimum Gasteiger partial charge on any atom is -0.508 e. The Kier molecular flexibility index (Phi) is 6.13. The van der Waals surface area contributed by atoms with Crippen molar-refractivity contribution in [3.63, 3.8) is 0 Å². The van der Waals surface area contributed by atoms with Crippen molar-refractivity contribution in [1.82, 2.24) is 15.5 Å². The van der Waals surface area contributed by atoms with Crippen LogP contribution in [0.25, 0.3) is 0 Å². The van der Waals surface area contributed by atoms with Gasteiger partial charge in [-0.1, -0.05) is 12.1 Å². The van der Waals surface area contributed by atoms with Crippen LogP contribution in [-0.4, -0.2) is 47.0 Å². The molecule has 1 fully saturated rings. The molecule has 0 radical (unpaired) electrons. The van der Waals surface area contributed by atoms with Gasteiger partial charge in [-0.05, 0) is 37.1 Å². The predicted octanol–water partition coefficient (Wildman–Crippen LogP) is 1.42. The Morgan fingerprint density at radius 2 is 2.15 bits per heavy atom. The number of nitrogens with zero attached hydrogens (tertiary/aromatic N) is 1. The van der Waals surface area contributed by atoms with E-state index in [9.17, 15) is 14.7 Å². The lowest BCUT2D eigenvalue weighted by Gasteiger charge is -2.22. The topological polar surface area (TPSA) is 94.8 Å². The molecule has 0 spiro atoms. The molecule has 27 heavy (non-hydrogen) atoms. The third-order valence-electron chi connectivity index (χ3n) is 4.66. The maximum atomic E-state index is 12.4. The Hall–Kier alpha value is -2.80. The van der Waals surface area contributed by atoms with E-state index in [1.54, 1.807) is 36.8 Å². The van der Waals surface area contributed by atoms with Crippen molar-refractivity contribution in [3.8, 4) is 5.75 Å². The Morgan fingerprint density at radius 1 is 1.30 bits per heavy atom. The van der Waals surface area contributed by atoms with E-state index < -0.39 is 0 Å². The maximum Gasteiger partial charge on any atom is 0.237 e. The molecule has 2 aromatic rings. The van der Waals surface area contributed by atoms with E-state index in [1.807, 2.05) is 13.0 Å². The summed E-state index contributed by atoms with van der Waals surface area (Å²) in [7, 11) is 0. The van der Waals surface area contributed by atoms with E-state index in [2.05, 4.69) is 15.5 Å². The number of likely N-dealkylation sites (N-methyl/N-ethyl adjacent to an activating group) is 1. The predicted molar refractivity (Wildman–Crippen MR) is 99.9 cm³/mol. The first-order chi connectivity index (χ1) is 13.0. The van der Waals surface area contributed by atoms with Crippen LogP contribution in [-0.2, 0) is 22.6 Å². The molecule has 7 nitrogen and oxygen atoms in total. The molecule has 1 aliphatic rings. The zero-order chi connectivity index (χ0) is 19.2. The average molecular weight is 371 g/mol. The number of nitrogens with one attached hydrogen (secondary N) is 2. The number of amides is 2. The Morgan fingerprint density at radius 3 is 2.85 bits per heavy atom. The van der Waals surface area contributed by atoms with E-state index in [0.717, 1.165) is 11.1 Å². The van der Waals surface area contributed by atoms with Crippen LogP contribution in [0.1, 0.15) is 24.5 Å². The fourth-order valence-electron chi connectivity index (χ4n) is 3.50. The zero-order valence-corrected chi connectivity index (χ0v) is 15.4. The molecule has 3 rings (SSSR count). The smallest absolute Gasteiger partial charge is 0.237 e. The molecule has 0 saturated carbocycles. The molecule has 1 aromatic carbocycles. The van der Waals surface area contributed by atoms with Crippen LogP contribution in [0.5, 0.6) is 5.75 Å². The summed E-state index contributed by atoms with van der Waals surface area (Å²) in [5, 5.41) is 15.4. The molecular formula is C20H25N3O4. The number of phenolic OH excluding ortho intramolecular Hbond substituents is 1. The van der Waals surface area contributed by atoms with Crippen LogP contribution < -0.4 is 10.6 Å². The average Bonchev–Trinajstić information content (AvgIpc) is 3.25. The third-order valence-corrected chi connectivity index (χ3v) is 4.66. The molecule has 1 aliphatic heterocycles. The third kappa shape index (κ3) is 5.10. The number of hydrogen-bond donors (Lipinski definition) is 3. The molecule has 1 saturated heterocycles. The summed E-state index contributed by atoms with van der Waals surface area (Å²) in [6, 6.07) is 8.16. The number of phenols is 1. The summed E-state index contributed by atoms with van der Waals surface area (Å²) < 4.78 is 5.12. The van der Waals surface area contributed by atoms with Crippen molar-refractivity contribution in [3.05, 3.63) is 54.0 Å². The lowest BCUT2D eigenvalue weighted by molar-refractivity contribution is -0.125. The standard InChI is InChI=1S/C20H25N3O4/c1-2-21-20(26)18-10-16(12-23(18)11-15-6-7-27-13-15)22-19(25)9-14-4-3-5-17(24)8-14/h3-8,13,16,18,24H,2,9-12H2,1H3,(H,21,26)(H,22,25)/t16-,18+/m1/s1. The van der Waals surface area contributed by atoms with Gasteiger partial charge in [0.2, 0.25) is 11.8 Å². The van der Waals surface area contributed by atoms with Crippen LogP contribution in [0.4, 0.5) is 0 Å². The molecule has 0 unspecified atom stereocenters. The number of rotatable bonds is 7. The summed E-state index contributed by atoms with van der Waals surface area (Å²) in [6.07, 6.45) is 4.04. The number of furan rings is 1. The van der Waals surface area contributed by atoms with Gasteiger partial charge in [0.15, 0.2) is 0 Å². The fraction of sp³-hybridized carbons (Fsp3) is 0.400. The van der Waals surface area contributed by atoms with Crippen molar-refractivity contribution in [2.24, 2.45) is 0 Å². The van der Waals surface area contributed by atoms with Crippen molar-refractivity contribution in [1.29, 1.82) is 0 Å². The molecule has 0 bridgehead atoms. The second-order valence-electron chi connectivity index (χ2n) is 6.82. The van der Waals surface area contributed by atoms with Gasteiger partial charge in [0.25, 0.3) is 0 Å². The van der Waals surface area contributed by atoms with E-state index >= 15 is 0 Å². The normalized spacial score (nSPS) is 19.7. The molecule has 3 N–H and O–H groups in total. The lowest BCUT2D eigenvalue weighted by atomic mass is 10.1. The van der Waals surface area contributed by atoms with Crippen LogP contribution >= 0.6 is 0 Å². The van der Waals surface area contributed by atoms with Crippen molar-refractivity contribution in [2.45, 2.75) is 38.4 Å². The van der Waals surface area contributed by atoms with Crippen molar-refractivity contribution >= 4 is 11.8 Å². The van der Waals surface area contributed by atoms with Crippen LogP contribution in [0.3, 0.4) is 0 Å². The first-order valence-electron chi connectivity index (χ1n) is 9.15. The van der Waals surface area contributed by atoms with Gasteiger partial charge in [-0.25, -0.2) is 0 Å². The number of carbonyl (C=O) groups excluding carboxylic acids is 2. The summed E-state index contributed by atoms with van der Waals surface area (Å²) in [5.74, 6) is -0.000101. The number of likely N-dealkylation sites (tertiary alicyclic amines) is 1. The van der Waals surface area contributed by atoms with Crippen molar-refractivity contribution in [2.75, 3.05) is 13.1 Å². The van der Waals surface area contributed by atoms with E-state index in [1.165, 1.54) is 0 Å². The highest BCUT2D eigenvalue weighted by atomic mass is 16.3. The fourth-order valence-corrected chi connectivity index (χ4v) is 3.50. The summed E-state index contributed by atoms with van der Waals surface area (Å²) >= 11 is 0. The summed E-state index contributed by atoms with van der Waals surface area (Å²) in [4.78, 5) is 26.9. The molecule has 144 valence electrons. The highest BCUT2D eigenvalue weighted by Crippen LogP contribution is 2.21. The van der Waals surface area contributed by atoms with Crippen LogP contribution in [0, 0.1) is 0 Å². The van der Waals surface area contributed by atoms with Gasteiger partial charge < -0.3 is 20.2 Å². The lowest BCUT2D eigenvalue weighted by Crippen LogP contribution is -2.42. The van der Waals surface area contributed by atoms with Gasteiger partial charge in [-0.2, -0.15) is 0 Å². The monoisotopic (exact) mass is 371 g/mol. The van der Waals surface area contributed by atoms with E-state index in [4.69, 9.17) is 4.42 Å². The number of aromatic hydroxyl groups is 1. The van der Waals surface area contributed by atoms with E-state index in [0.29, 0.717) is 26.1 Å². The van der Waals surface area contributed by atoms with Crippen LogP contribution in [0.15, 0.2) is 47.3 Å². The Bertz CT molecular complexity index is 775. The minimum absolute atomic E-state index is 0.0225. The van der Waals surface area contributed by atoms with Gasteiger partial charge in [0, 0.05) is 31.2 Å².